The van der Waals surface area contributed by atoms with E-state index in [9.17, 15) is 35.5 Å². The molecule has 4 nitrogen and oxygen atoms in total. The lowest BCUT2D eigenvalue weighted by Gasteiger charge is -2.32. The number of nitrogens with one attached hydrogen (secondary N) is 1. The summed E-state index contributed by atoms with van der Waals surface area (Å²) in [6.07, 6.45) is -10.0. The summed E-state index contributed by atoms with van der Waals surface area (Å²) in [5.41, 5.74) is -3.06. The highest BCUT2D eigenvalue weighted by molar-refractivity contribution is 5.88. The minimum atomic E-state index is -4.97. The highest BCUT2D eigenvalue weighted by Crippen LogP contribution is 2.48. The van der Waals surface area contributed by atoms with Crippen LogP contribution in [-0.4, -0.2) is 42.6 Å². The van der Waals surface area contributed by atoms with Gasteiger partial charge in [-0.1, -0.05) is 12.1 Å². The summed E-state index contributed by atoms with van der Waals surface area (Å²) in [4.78, 5) is 14.7. The van der Waals surface area contributed by atoms with Crippen molar-refractivity contribution in [1.29, 1.82) is 0 Å². The fourth-order valence-corrected chi connectivity index (χ4v) is 5.84. The molecule has 12 heteroatoms. The molecule has 0 spiro atoms. The van der Waals surface area contributed by atoms with Crippen LogP contribution in [-0.2, 0) is 21.9 Å². The van der Waals surface area contributed by atoms with Gasteiger partial charge in [0.15, 0.2) is 0 Å². The van der Waals surface area contributed by atoms with Gasteiger partial charge in [-0.2, -0.15) is 26.3 Å². The van der Waals surface area contributed by atoms with Gasteiger partial charge in [0, 0.05) is 12.0 Å². The lowest BCUT2D eigenvalue weighted by Crippen LogP contribution is -2.47. The Bertz CT molecular complexity index is 1170. The molecular weight excluding hydrogens is 565 g/mol. The van der Waals surface area contributed by atoms with Crippen molar-refractivity contribution >= 4 is 18.3 Å². The highest BCUT2D eigenvalue weighted by Gasteiger charge is 2.51. The molecule has 4 rings (SSSR count). The largest absolute Gasteiger partial charge is 0.416 e. The molecule has 1 saturated heterocycles. The Morgan fingerprint density at radius 3 is 2.00 bits per heavy atom. The number of hydrogen-bond acceptors (Lipinski definition) is 3. The van der Waals surface area contributed by atoms with Crippen molar-refractivity contribution in [2.45, 2.75) is 75.2 Å². The zero-order valence-electron chi connectivity index (χ0n) is 22.4. The minimum Gasteiger partial charge on any atom is -0.370 e. The number of nitrogens with zero attached hydrogens (tertiary/aromatic N) is 1. The second-order valence-corrected chi connectivity index (χ2v) is 10.9. The molecule has 6 atom stereocenters. The smallest absolute Gasteiger partial charge is 0.370 e. The van der Waals surface area contributed by atoms with Gasteiger partial charge in [0.2, 0.25) is 5.91 Å². The molecule has 1 aliphatic carbocycles. The lowest BCUT2D eigenvalue weighted by molar-refractivity contribution is -0.143. The van der Waals surface area contributed by atoms with E-state index >= 15 is 0 Å². The molecule has 2 aromatic rings. The van der Waals surface area contributed by atoms with Crippen LogP contribution in [0.5, 0.6) is 0 Å². The van der Waals surface area contributed by atoms with Gasteiger partial charge < -0.3 is 10.1 Å². The zero-order chi connectivity index (χ0) is 28.9. The van der Waals surface area contributed by atoms with Gasteiger partial charge in [-0.3, -0.25) is 9.69 Å². The van der Waals surface area contributed by atoms with Crippen molar-refractivity contribution in [2.24, 2.45) is 5.92 Å². The number of halogens is 8. The van der Waals surface area contributed by atoms with Crippen LogP contribution in [0.15, 0.2) is 42.5 Å². The van der Waals surface area contributed by atoms with E-state index in [2.05, 4.69) is 5.32 Å². The van der Waals surface area contributed by atoms with E-state index in [0.717, 1.165) is 5.56 Å². The summed E-state index contributed by atoms with van der Waals surface area (Å²) in [5.74, 6) is -1.07. The normalized spacial score (nSPS) is 27.9. The number of likely N-dealkylation sites (N-methyl/N-ethyl adjacent to an activating group) is 1. The van der Waals surface area contributed by atoms with Crippen molar-refractivity contribution < 1.29 is 40.3 Å². The summed E-state index contributed by atoms with van der Waals surface area (Å²) < 4.78 is 100. The van der Waals surface area contributed by atoms with Crippen molar-refractivity contribution in [2.75, 3.05) is 14.1 Å². The third-order valence-corrected chi connectivity index (χ3v) is 8.29. The van der Waals surface area contributed by atoms with Crippen LogP contribution in [0.2, 0.25) is 0 Å². The van der Waals surface area contributed by atoms with Crippen LogP contribution < -0.4 is 5.32 Å². The Morgan fingerprint density at radius 2 is 1.52 bits per heavy atom. The van der Waals surface area contributed by atoms with Crippen LogP contribution in [0.25, 0.3) is 0 Å². The number of carbonyl (C=O) groups is 1. The molecule has 2 fully saturated rings. The molecule has 2 aromatic carbocycles. The highest BCUT2D eigenvalue weighted by atomic mass is 35.5. The number of benzene rings is 2. The van der Waals surface area contributed by atoms with E-state index in [1.807, 2.05) is 25.9 Å². The van der Waals surface area contributed by atoms with Gasteiger partial charge in [-0.25, -0.2) is 4.39 Å². The first-order valence-electron chi connectivity index (χ1n) is 12.7. The Morgan fingerprint density at radius 1 is 0.975 bits per heavy atom. The van der Waals surface area contributed by atoms with E-state index in [4.69, 9.17) is 4.74 Å². The van der Waals surface area contributed by atoms with E-state index in [0.29, 0.717) is 31.4 Å². The van der Waals surface area contributed by atoms with Crippen molar-refractivity contribution in [3.8, 4) is 0 Å². The van der Waals surface area contributed by atoms with E-state index in [1.54, 1.807) is 12.1 Å². The van der Waals surface area contributed by atoms with Gasteiger partial charge in [0.1, 0.15) is 5.82 Å². The number of hydrogen-bond donors (Lipinski definition) is 1. The molecule has 1 heterocycles. The Balaban J connectivity index is 0.00000441. The topological polar surface area (TPSA) is 41.6 Å². The van der Waals surface area contributed by atoms with Crippen LogP contribution >= 0.6 is 12.4 Å². The Hall–Kier alpha value is -2.37. The van der Waals surface area contributed by atoms with Crippen molar-refractivity contribution in [1.82, 2.24) is 10.2 Å². The average Bonchev–Trinajstić information content (AvgIpc) is 3.39. The summed E-state index contributed by atoms with van der Waals surface area (Å²) in [5, 5.41) is 3.07. The molecule has 0 bridgehead atoms. The molecular formula is C28H32ClF7N2O2. The number of ether oxygens (including phenoxy) is 1. The maximum absolute atomic E-state index is 13.7. The van der Waals surface area contributed by atoms with Gasteiger partial charge in [0.05, 0.1) is 28.9 Å². The predicted octanol–water partition coefficient (Wildman–Crippen LogP) is 7.13. The van der Waals surface area contributed by atoms with E-state index < -0.39 is 47.0 Å². The van der Waals surface area contributed by atoms with Crippen LogP contribution in [0, 0.1) is 11.7 Å². The average molecular weight is 597 g/mol. The maximum atomic E-state index is 13.7. The quantitative estimate of drug-likeness (QED) is 0.361. The van der Waals surface area contributed by atoms with Gasteiger partial charge in [-0.05, 0) is 94.6 Å². The molecule has 0 aromatic heterocycles. The monoisotopic (exact) mass is 596 g/mol. The number of carbonyl (C=O) groups excluding carboxylic acids is 1. The van der Waals surface area contributed by atoms with Gasteiger partial charge >= 0.3 is 12.4 Å². The fraction of sp³-hybridized carbons (Fsp3) is 0.536. The van der Waals surface area contributed by atoms with E-state index in [-0.39, 0.29) is 47.8 Å². The fourth-order valence-electron chi connectivity index (χ4n) is 5.84. The first-order valence-corrected chi connectivity index (χ1v) is 12.7. The zero-order valence-corrected chi connectivity index (χ0v) is 23.2. The first kappa shape index (κ1) is 32.1. The predicted molar refractivity (Wildman–Crippen MR) is 137 cm³/mol. The molecule has 1 saturated carbocycles. The first-order chi connectivity index (χ1) is 18.0. The molecule has 1 amide bonds. The number of rotatable bonds is 6. The van der Waals surface area contributed by atoms with Crippen molar-refractivity contribution in [3.63, 3.8) is 0 Å². The van der Waals surface area contributed by atoms with Crippen LogP contribution in [0.4, 0.5) is 30.7 Å². The number of amides is 1. The third-order valence-electron chi connectivity index (χ3n) is 8.29. The summed E-state index contributed by atoms with van der Waals surface area (Å²) >= 11 is 0. The molecule has 1 aliphatic heterocycles. The molecule has 2 aliphatic rings. The molecule has 1 N–H and O–H groups in total. The number of alkyl halides is 6. The second kappa shape index (κ2) is 11.5. The Labute approximate surface area is 234 Å². The standard InChI is InChI=1S/C28H31F7N2O2.ClH/c1-15(17-11-18(27(30,31)32)13-19(12-17)28(33,34)35)39-23-10-9-21(24(23)16-5-7-20(29)8-6-16)22-14-26(2,37(3)4)25(38)36-22;/h5-8,11-13,15,21-24H,9-10,14H2,1-4H3,(H,36,38);1H/t15-,21+,22-,23+,24+,26-;/m1./s1. The molecule has 222 valence electrons. The maximum Gasteiger partial charge on any atom is 0.416 e. The summed E-state index contributed by atoms with van der Waals surface area (Å²) in [6.45, 7) is 3.26. The minimum absolute atomic E-state index is 0. The van der Waals surface area contributed by atoms with Crippen molar-refractivity contribution in [3.05, 3.63) is 70.5 Å². The SMILES string of the molecule is C[C@@H](O[C@H]1CC[C@@H]([C@H]2C[C@@](C)(N(C)C)C(=O)N2)[C@@H]1c1ccc(F)cc1)c1cc(C(F)(F)F)cc(C(F)(F)F)c1.Cl. The second-order valence-electron chi connectivity index (χ2n) is 10.9. The summed E-state index contributed by atoms with van der Waals surface area (Å²) in [6, 6.07) is 7.01. The van der Waals surface area contributed by atoms with Crippen LogP contribution in [0.3, 0.4) is 0 Å². The molecule has 0 radical (unpaired) electrons. The van der Waals surface area contributed by atoms with Crippen LogP contribution in [0.1, 0.15) is 67.4 Å². The molecule has 40 heavy (non-hydrogen) atoms. The molecule has 0 unspecified atom stereocenters. The van der Waals surface area contributed by atoms with Gasteiger partial charge in [0.25, 0.3) is 0 Å². The van der Waals surface area contributed by atoms with E-state index in [1.165, 1.54) is 19.1 Å². The third kappa shape index (κ3) is 6.41. The Kier molecular flexibility index (Phi) is 9.23. The van der Waals surface area contributed by atoms with Gasteiger partial charge in [-0.15, -0.1) is 12.4 Å². The lowest BCUT2D eigenvalue weighted by atomic mass is 9.80. The summed E-state index contributed by atoms with van der Waals surface area (Å²) in [7, 11) is 3.62.